The van der Waals surface area contributed by atoms with Crippen LogP contribution in [0.25, 0.3) is 0 Å². The molecule has 0 saturated heterocycles. The van der Waals surface area contributed by atoms with E-state index in [0.717, 1.165) is 5.56 Å². The number of thiophene rings is 1. The third-order valence-corrected chi connectivity index (χ3v) is 6.75. The fraction of sp³-hybridized carbons (Fsp3) is 0.0526. The predicted molar refractivity (Wildman–Crippen MR) is 109 cm³/mol. The second-order valence-corrected chi connectivity index (χ2v) is 8.45. The van der Waals surface area contributed by atoms with E-state index in [4.69, 9.17) is 28.9 Å². The van der Waals surface area contributed by atoms with Crippen LogP contribution in [0.2, 0.25) is 10.0 Å². The molecule has 0 bridgehead atoms. The molecule has 0 atom stereocenters. The highest BCUT2D eigenvalue weighted by molar-refractivity contribution is 8.00. The first-order valence-electron chi connectivity index (χ1n) is 7.50. The quantitative estimate of drug-likeness (QED) is 0.405. The van der Waals surface area contributed by atoms with E-state index in [9.17, 15) is 10.1 Å². The Hall–Kier alpha value is -1.97. The van der Waals surface area contributed by atoms with Crippen LogP contribution in [-0.2, 0) is 5.75 Å². The molecule has 0 unspecified atom stereocenters. The lowest BCUT2D eigenvalue weighted by atomic mass is 10.1. The average molecular weight is 419 g/mol. The van der Waals surface area contributed by atoms with Gasteiger partial charge in [0.25, 0.3) is 0 Å². The molecule has 26 heavy (non-hydrogen) atoms. The number of rotatable bonds is 5. The molecule has 2 aromatic carbocycles. The first-order chi connectivity index (χ1) is 12.5. The maximum atomic E-state index is 12.7. The molecule has 7 heteroatoms. The standard InChI is InChI=1S/C19H12Cl2N2OS2/c20-13-7-6-12(15(21)8-13)10-25-19-14(9-22)16(23)18(26-19)17(24)11-4-2-1-3-5-11/h1-8H,10,23H2. The normalized spacial score (nSPS) is 10.5. The van der Waals surface area contributed by atoms with Crippen molar-refractivity contribution < 1.29 is 4.79 Å². The van der Waals surface area contributed by atoms with Crippen molar-refractivity contribution in [3.8, 4) is 6.07 Å². The van der Waals surface area contributed by atoms with Gasteiger partial charge in [0.2, 0.25) is 5.78 Å². The van der Waals surface area contributed by atoms with Crippen molar-refractivity contribution in [2.45, 2.75) is 9.96 Å². The van der Waals surface area contributed by atoms with E-state index in [0.29, 0.717) is 36.0 Å². The Balaban J connectivity index is 1.89. The van der Waals surface area contributed by atoms with Crippen molar-refractivity contribution in [2.24, 2.45) is 0 Å². The molecule has 3 aromatic rings. The molecule has 0 spiro atoms. The van der Waals surface area contributed by atoms with Crippen molar-refractivity contribution in [1.29, 1.82) is 5.26 Å². The minimum absolute atomic E-state index is 0.180. The summed E-state index contributed by atoms with van der Waals surface area (Å²) in [6, 6.07) is 16.3. The largest absolute Gasteiger partial charge is 0.396 e. The summed E-state index contributed by atoms with van der Waals surface area (Å²) in [5.74, 6) is 0.366. The SMILES string of the molecule is N#Cc1c(SCc2ccc(Cl)cc2Cl)sc(C(=O)c2ccccc2)c1N. The Morgan fingerprint density at radius 3 is 2.58 bits per heavy atom. The lowest BCUT2D eigenvalue weighted by Gasteiger charge is -2.03. The Bertz CT molecular complexity index is 1010. The van der Waals surface area contributed by atoms with E-state index in [1.807, 2.05) is 12.1 Å². The summed E-state index contributed by atoms with van der Waals surface area (Å²) < 4.78 is 0.704. The summed E-state index contributed by atoms with van der Waals surface area (Å²) in [5, 5.41) is 10.6. The summed E-state index contributed by atoms with van der Waals surface area (Å²) in [6.45, 7) is 0. The molecule has 1 heterocycles. The molecule has 130 valence electrons. The molecule has 0 aliphatic rings. The first kappa shape index (κ1) is 18.8. The van der Waals surface area contributed by atoms with E-state index < -0.39 is 0 Å². The Morgan fingerprint density at radius 1 is 1.19 bits per heavy atom. The second kappa shape index (κ2) is 8.15. The molecular formula is C19H12Cl2N2OS2. The van der Waals surface area contributed by atoms with Crippen molar-refractivity contribution in [3.05, 3.63) is 80.1 Å². The zero-order valence-electron chi connectivity index (χ0n) is 13.3. The molecule has 0 radical (unpaired) electrons. The number of carbonyl (C=O) groups is 1. The van der Waals surface area contributed by atoms with Gasteiger partial charge >= 0.3 is 0 Å². The van der Waals surface area contributed by atoms with E-state index >= 15 is 0 Å². The number of nitrogens with zero attached hydrogens (tertiary/aromatic N) is 1. The van der Waals surface area contributed by atoms with Gasteiger partial charge in [-0.15, -0.1) is 23.1 Å². The monoisotopic (exact) mass is 418 g/mol. The Morgan fingerprint density at radius 2 is 1.92 bits per heavy atom. The summed E-state index contributed by atoms with van der Waals surface area (Å²) in [6.07, 6.45) is 0. The number of halogens is 2. The summed E-state index contributed by atoms with van der Waals surface area (Å²) in [4.78, 5) is 13.1. The number of thioether (sulfide) groups is 1. The zero-order valence-corrected chi connectivity index (χ0v) is 16.5. The molecule has 2 N–H and O–H groups in total. The molecule has 0 aliphatic heterocycles. The molecule has 3 nitrogen and oxygen atoms in total. The third kappa shape index (κ3) is 3.89. The number of ketones is 1. The van der Waals surface area contributed by atoms with Gasteiger partial charge in [-0.3, -0.25) is 4.79 Å². The summed E-state index contributed by atoms with van der Waals surface area (Å²) in [5.41, 5.74) is 8.09. The predicted octanol–water partition coefficient (Wildman–Crippen LogP) is 6.03. The lowest BCUT2D eigenvalue weighted by Crippen LogP contribution is -2.02. The molecular weight excluding hydrogens is 407 g/mol. The smallest absolute Gasteiger partial charge is 0.205 e. The van der Waals surface area contributed by atoms with Gasteiger partial charge in [-0.1, -0.05) is 59.6 Å². The average Bonchev–Trinajstić information content (AvgIpc) is 2.96. The second-order valence-electron chi connectivity index (χ2n) is 5.34. The Labute approximate surface area is 169 Å². The molecule has 0 amide bonds. The van der Waals surface area contributed by atoms with Crippen LogP contribution in [-0.4, -0.2) is 5.78 Å². The van der Waals surface area contributed by atoms with Crippen LogP contribution < -0.4 is 5.73 Å². The molecule has 0 saturated carbocycles. The number of anilines is 1. The minimum atomic E-state index is -0.180. The van der Waals surface area contributed by atoms with Crippen molar-refractivity contribution in [3.63, 3.8) is 0 Å². The third-order valence-electron chi connectivity index (χ3n) is 3.64. The highest BCUT2D eigenvalue weighted by atomic mass is 35.5. The van der Waals surface area contributed by atoms with Gasteiger partial charge in [0, 0.05) is 21.4 Å². The number of nitrogens with two attached hydrogens (primary N) is 1. The van der Waals surface area contributed by atoms with Gasteiger partial charge in [-0.2, -0.15) is 5.26 Å². The maximum Gasteiger partial charge on any atom is 0.205 e. The Kier molecular flexibility index (Phi) is 5.90. The fourth-order valence-electron chi connectivity index (χ4n) is 2.30. The minimum Gasteiger partial charge on any atom is -0.396 e. The van der Waals surface area contributed by atoms with E-state index in [2.05, 4.69) is 6.07 Å². The van der Waals surface area contributed by atoms with Crippen LogP contribution in [0.15, 0.2) is 52.7 Å². The first-order valence-corrected chi connectivity index (χ1v) is 10.1. The number of nitriles is 1. The van der Waals surface area contributed by atoms with Crippen molar-refractivity contribution in [2.75, 3.05) is 5.73 Å². The van der Waals surface area contributed by atoms with Crippen LogP contribution >= 0.6 is 46.3 Å². The number of carbonyl (C=O) groups excluding carboxylic acids is 1. The van der Waals surface area contributed by atoms with Crippen LogP contribution in [0.3, 0.4) is 0 Å². The van der Waals surface area contributed by atoms with E-state index in [1.54, 1.807) is 36.4 Å². The summed E-state index contributed by atoms with van der Waals surface area (Å²) in [7, 11) is 0. The van der Waals surface area contributed by atoms with Crippen molar-refractivity contribution in [1.82, 2.24) is 0 Å². The molecule has 0 fully saturated rings. The number of benzene rings is 2. The highest BCUT2D eigenvalue weighted by Gasteiger charge is 2.22. The van der Waals surface area contributed by atoms with Gasteiger partial charge < -0.3 is 5.73 Å². The fourth-order valence-corrected chi connectivity index (χ4v) is 5.22. The van der Waals surface area contributed by atoms with E-state index in [1.165, 1.54) is 23.1 Å². The van der Waals surface area contributed by atoms with Gasteiger partial charge in [0.15, 0.2) is 0 Å². The van der Waals surface area contributed by atoms with Crippen LogP contribution in [0.1, 0.15) is 26.4 Å². The van der Waals surface area contributed by atoms with Gasteiger partial charge in [-0.25, -0.2) is 0 Å². The van der Waals surface area contributed by atoms with Gasteiger partial charge in [-0.05, 0) is 17.7 Å². The van der Waals surface area contributed by atoms with E-state index in [-0.39, 0.29) is 11.5 Å². The molecule has 3 rings (SSSR count). The highest BCUT2D eigenvalue weighted by Crippen LogP contribution is 2.40. The maximum absolute atomic E-state index is 12.7. The number of hydrogen-bond acceptors (Lipinski definition) is 5. The lowest BCUT2D eigenvalue weighted by molar-refractivity contribution is 0.104. The van der Waals surface area contributed by atoms with Crippen LogP contribution in [0.4, 0.5) is 5.69 Å². The molecule has 0 aliphatic carbocycles. The molecule has 1 aromatic heterocycles. The number of nitrogen functional groups attached to an aromatic ring is 1. The summed E-state index contributed by atoms with van der Waals surface area (Å²) >= 11 is 14.8. The topological polar surface area (TPSA) is 66.9 Å². The van der Waals surface area contributed by atoms with Crippen LogP contribution in [0, 0.1) is 11.3 Å². The van der Waals surface area contributed by atoms with Gasteiger partial charge in [0.1, 0.15) is 16.5 Å². The van der Waals surface area contributed by atoms with Crippen LogP contribution in [0.5, 0.6) is 0 Å². The van der Waals surface area contributed by atoms with Crippen molar-refractivity contribution >= 4 is 57.8 Å². The number of hydrogen-bond donors (Lipinski definition) is 1. The van der Waals surface area contributed by atoms with Gasteiger partial charge in [0.05, 0.1) is 9.90 Å². The zero-order chi connectivity index (χ0) is 18.7.